The van der Waals surface area contributed by atoms with E-state index in [2.05, 4.69) is 37.6 Å². The molecular weight excluding hydrogens is 298 g/mol. The van der Waals surface area contributed by atoms with Gasteiger partial charge >= 0.3 is 0 Å². The molecule has 2 aliphatic heterocycles. The predicted octanol–water partition coefficient (Wildman–Crippen LogP) is 3.08. The minimum Gasteiger partial charge on any atom is -0.343 e. The summed E-state index contributed by atoms with van der Waals surface area (Å²) in [6, 6.07) is 0.456. The Labute approximate surface area is 149 Å². The Morgan fingerprint density at radius 2 is 1.79 bits per heavy atom. The number of nitrogens with zero attached hydrogens (tertiary/aromatic N) is 3. The van der Waals surface area contributed by atoms with Crippen LogP contribution < -0.4 is 0 Å². The van der Waals surface area contributed by atoms with Crippen molar-refractivity contribution in [2.75, 3.05) is 46.8 Å². The molecule has 4 heteroatoms. The van der Waals surface area contributed by atoms with Crippen molar-refractivity contribution < 1.29 is 4.79 Å². The molecule has 2 saturated heterocycles. The van der Waals surface area contributed by atoms with Crippen LogP contribution in [0.4, 0.5) is 0 Å². The van der Waals surface area contributed by atoms with Gasteiger partial charge in [0.15, 0.2) is 0 Å². The second-order valence-corrected chi connectivity index (χ2v) is 9.38. The van der Waals surface area contributed by atoms with Gasteiger partial charge in [-0.2, -0.15) is 0 Å². The second-order valence-electron chi connectivity index (χ2n) is 9.38. The first-order valence-corrected chi connectivity index (χ1v) is 9.91. The van der Waals surface area contributed by atoms with Gasteiger partial charge in [-0.15, -0.1) is 0 Å². The number of hydrogen-bond donors (Lipinski definition) is 0. The number of amides is 1. The number of likely N-dealkylation sites (tertiary alicyclic amines) is 2. The zero-order chi connectivity index (χ0) is 17.7. The molecule has 2 aliphatic rings. The van der Waals surface area contributed by atoms with E-state index in [-0.39, 0.29) is 0 Å². The molecule has 0 aromatic heterocycles. The van der Waals surface area contributed by atoms with Gasteiger partial charge in [0.2, 0.25) is 5.91 Å². The third kappa shape index (κ3) is 6.36. The van der Waals surface area contributed by atoms with Gasteiger partial charge in [-0.3, -0.25) is 4.79 Å². The van der Waals surface area contributed by atoms with Crippen LogP contribution in [0.25, 0.3) is 0 Å². The minimum absolute atomic E-state index is 0.359. The van der Waals surface area contributed by atoms with E-state index in [4.69, 9.17) is 0 Å². The smallest absolute Gasteiger partial charge is 0.222 e. The largest absolute Gasteiger partial charge is 0.343 e. The molecule has 0 unspecified atom stereocenters. The van der Waals surface area contributed by atoms with Gasteiger partial charge in [-0.25, -0.2) is 0 Å². The topological polar surface area (TPSA) is 26.8 Å². The molecular formula is C20H39N3O. The Balaban J connectivity index is 1.72. The van der Waals surface area contributed by atoms with Gasteiger partial charge in [0.05, 0.1) is 0 Å². The third-order valence-electron chi connectivity index (χ3n) is 5.70. The predicted molar refractivity (Wildman–Crippen MR) is 101 cm³/mol. The highest BCUT2D eigenvalue weighted by atomic mass is 16.2. The van der Waals surface area contributed by atoms with Crippen LogP contribution in [0.15, 0.2) is 0 Å². The summed E-state index contributed by atoms with van der Waals surface area (Å²) in [5.41, 5.74) is 0.367. The van der Waals surface area contributed by atoms with Gasteiger partial charge in [0, 0.05) is 32.6 Å². The normalized spacial score (nSPS) is 25.0. The highest BCUT2D eigenvalue weighted by Crippen LogP contribution is 2.25. The van der Waals surface area contributed by atoms with E-state index in [9.17, 15) is 4.79 Å². The highest BCUT2D eigenvalue weighted by molar-refractivity contribution is 5.76. The lowest BCUT2D eigenvalue weighted by Crippen LogP contribution is -2.44. The van der Waals surface area contributed by atoms with Crippen molar-refractivity contribution in [3.63, 3.8) is 0 Å². The lowest BCUT2D eigenvalue weighted by atomic mass is 9.90. The summed E-state index contributed by atoms with van der Waals surface area (Å²) in [5, 5.41) is 0. The fraction of sp³-hybridized carbons (Fsp3) is 0.950. The summed E-state index contributed by atoms with van der Waals surface area (Å²) in [5.74, 6) is 1.06. The molecule has 140 valence electrons. The summed E-state index contributed by atoms with van der Waals surface area (Å²) in [6.45, 7) is 12.8. The molecule has 0 aromatic carbocycles. The van der Waals surface area contributed by atoms with Crippen LogP contribution in [0, 0.1) is 11.3 Å². The SMILES string of the molecule is CN1CCC(N(C)C(=O)CC[C@@H]2CCCN(CC(C)(C)C)C2)CC1. The maximum absolute atomic E-state index is 12.6. The number of hydrogen-bond acceptors (Lipinski definition) is 3. The van der Waals surface area contributed by atoms with Crippen molar-refractivity contribution >= 4 is 5.91 Å². The van der Waals surface area contributed by atoms with Crippen LogP contribution in [-0.4, -0.2) is 73.5 Å². The highest BCUT2D eigenvalue weighted by Gasteiger charge is 2.26. The lowest BCUT2D eigenvalue weighted by Gasteiger charge is -2.37. The van der Waals surface area contributed by atoms with Crippen molar-refractivity contribution in [3.8, 4) is 0 Å². The number of carbonyl (C=O) groups excluding carboxylic acids is 1. The molecule has 1 amide bonds. The molecule has 0 radical (unpaired) electrons. The van der Waals surface area contributed by atoms with E-state index in [1.165, 1.54) is 32.5 Å². The molecule has 2 heterocycles. The molecule has 2 fully saturated rings. The minimum atomic E-state index is 0.359. The van der Waals surface area contributed by atoms with Gasteiger partial charge in [0.1, 0.15) is 0 Å². The molecule has 0 aromatic rings. The van der Waals surface area contributed by atoms with E-state index < -0.39 is 0 Å². The zero-order valence-electron chi connectivity index (χ0n) is 16.7. The van der Waals surface area contributed by atoms with Gasteiger partial charge in [-0.1, -0.05) is 20.8 Å². The maximum Gasteiger partial charge on any atom is 0.222 e. The van der Waals surface area contributed by atoms with Crippen LogP contribution >= 0.6 is 0 Å². The summed E-state index contributed by atoms with van der Waals surface area (Å²) < 4.78 is 0. The van der Waals surface area contributed by atoms with Crippen molar-refractivity contribution in [2.24, 2.45) is 11.3 Å². The zero-order valence-corrected chi connectivity index (χ0v) is 16.7. The van der Waals surface area contributed by atoms with Crippen LogP contribution in [0.3, 0.4) is 0 Å². The summed E-state index contributed by atoms with van der Waals surface area (Å²) in [4.78, 5) is 19.6. The fourth-order valence-electron chi connectivity index (χ4n) is 4.29. The van der Waals surface area contributed by atoms with Crippen LogP contribution in [0.2, 0.25) is 0 Å². The average molecular weight is 338 g/mol. The number of piperidine rings is 2. The number of rotatable bonds is 5. The molecule has 0 aliphatic carbocycles. The first kappa shape index (κ1) is 19.7. The molecule has 0 bridgehead atoms. The van der Waals surface area contributed by atoms with Gasteiger partial charge in [-0.05, 0) is 70.1 Å². The Kier molecular flexibility index (Phi) is 7.11. The van der Waals surface area contributed by atoms with Crippen LogP contribution in [0.1, 0.15) is 59.3 Å². The molecule has 0 N–H and O–H groups in total. The molecule has 24 heavy (non-hydrogen) atoms. The Hall–Kier alpha value is -0.610. The summed E-state index contributed by atoms with van der Waals surface area (Å²) in [7, 11) is 4.19. The maximum atomic E-state index is 12.6. The molecule has 4 nitrogen and oxygen atoms in total. The van der Waals surface area contributed by atoms with E-state index in [0.717, 1.165) is 38.8 Å². The quantitative estimate of drug-likeness (QED) is 0.771. The van der Waals surface area contributed by atoms with E-state index in [1.807, 2.05) is 11.9 Å². The van der Waals surface area contributed by atoms with E-state index in [0.29, 0.717) is 23.3 Å². The summed E-state index contributed by atoms with van der Waals surface area (Å²) >= 11 is 0. The number of carbonyl (C=O) groups is 1. The Bertz CT molecular complexity index is 396. The molecule has 0 spiro atoms. The van der Waals surface area contributed by atoms with Crippen molar-refractivity contribution in [3.05, 3.63) is 0 Å². The average Bonchev–Trinajstić information content (AvgIpc) is 2.51. The van der Waals surface area contributed by atoms with Crippen LogP contribution in [-0.2, 0) is 4.79 Å². The Morgan fingerprint density at radius 3 is 2.42 bits per heavy atom. The Morgan fingerprint density at radius 1 is 1.12 bits per heavy atom. The third-order valence-corrected chi connectivity index (χ3v) is 5.70. The van der Waals surface area contributed by atoms with Crippen molar-refractivity contribution in [1.29, 1.82) is 0 Å². The van der Waals surface area contributed by atoms with Crippen LogP contribution in [0.5, 0.6) is 0 Å². The van der Waals surface area contributed by atoms with Crippen molar-refractivity contribution in [2.45, 2.75) is 65.3 Å². The fourth-order valence-corrected chi connectivity index (χ4v) is 4.29. The molecule has 1 atom stereocenters. The van der Waals surface area contributed by atoms with E-state index >= 15 is 0 Å². The van der Waals surface area contributed by atoms with Gasteiger partial charge in [0.25, 0.3) is 0 Å². The first-order chi connectivity index (χ1) is 11.2. The van der Waals surface area contributed by atoms with Gasteiger partial charge < -0.3 is 14.7 Å². The standard InChI is InChI=1S/C20H39N3O/c1-20(2,3)16-23-12-6-7-17(15-23)8-9-19(24)22(5)18-10-13-21(4)14-11-18/h17-18H,6-16H2,1-5H3/t17-/m0/s1. The monoisotopic (exact) mass is 337 g/mol. The van der Waals surface area contributed by atoms with E-state index in [1.54, 1.807) is 0 Å². The second kappa shape index (κ2) is 8.66. The lowest BCUT2D eigenvalue weighted by molar-refractivity contribution is -0.133. The molecule has 0 saturated carbocycles. The van der Waals surface area contributed by atoms with Crippen molar-refractivity contribution in [1.82, 2.24) is 14.7 Å². The first-order valence-electron chi connectivity index (χ1n) is 9.91. The summed E-state index contributed by atoms with van der Waals surface area (Å²) in [6.07, 6.45) is 6.64. The molecule has 2 rings (SSSR count).